The highest BCUT2D eigenvalue weighted by Crippen LogP contribution is 2.35. The van der Waals surface area contributed by atoms with E-state index in [9.17, 15) is 10.1 Å². The highest BCUT2D eigenvalue weighted by atomic mass is 16.6. The van der Waals surface area contributed by atoms with Crippen LogP contribution in [0, 0.1) is 21.4 Å². The molecule has 0 aromatic heterocycles. The normalized spacial score (nSPS) is 10.5. The maximum Gasteiger partial charge on any atom is 0.277 e. The molecule has 0 fully saturated rings. The Morgan fingerprint density at radius 2 is 1.78 bits per heavy atom. The zero-order valence-corrected chi connectivity index (χ0v) is 15.3. The van der Waals surface area contributed by atoms with Gasteiger partial charge in [0.1, 0.15) is 0 Å². The van der Waals surface area contributed by atoms with Gasteiger partial charge in [-0.2, -0.15) is 5.26 Å². The number of nitrogens with zero attached hydrogens (tertiary/aromatic N) is 3. The molecule has 0 amide bonds. The number of benzene rings is 2. The minimum absolute atomic E-state index is 0.0329. The van der Waals surface area contributed by atoms with E-state index in [1.54, 1.807) is 18.2 Å². The number of hydrogen-bond acceptors (Lipinski definition) is 7. The van der Waals surface area contributed by atoms with Crippen LogP contribution in [0.2, 0.25) is 0 Å². The van der Waals surface area contributed by atoms with Crippen LogP contribution >= 0.6 is 0 Å². The Hall–Kier alpha value is -3.15. The van der Waals surface area contributed by atoms with E-state index in [2.05, 4.69) is 6.07 Å². The lowest BCUT2D eigenvalue weighted by Crippen LogP contribution is -2.29. The smallest absolute Gasteiger partial charge is 0.277 e. The van der Waals surface area contributed by atoms with E-state index in [4.69, 9.17) is 20.5 Å². The van der Waals surface area contributed by atoms with Crippen LogP contribution in [0.3, 0.4) is 0 Å². The third-order valence-electron chi connectivity index (χ3n) is 4.11. The molecule has 2 aromatic rings. The van der Waals surface area contributed by atoms with Crippen LogP contribution in [-0.4, -0.2) is 37.1 Å². The molecule has 142 valence electrons. The van der Waals surface area contributed by atoms with Crippen molar-refractivity contribution in [1.29, 1.82) is 5.26 Å². The van der Waals surface area contributed by atoms with Crippen molar-refractivity contribution >= 4 is 5.69 Å². The average molecular weight is 370 g/mol. The second-order valence-electron chi connectivity index (χ2n) is 5.90. The molecule has 0 radical (unpaired) electrons. The van der Waals surface area contributed by atoms with E-state index in [1.165, 1.54) is 20.3 Å². The summed E-state index contributed by atoms with van der Waals surface area (Å²) in [6, 6.07) is 12.3. The van der Waals surface area contributed by atoms with Crippen LogP contribution in [0.15, 0.2) is 36.4 Å². The van der Waals surface area contributed by atoms with Gasteiger partial charge in [0.15, 0.2) is 11.5 Å². The Bertz CT molecular complexity index is 831. The highest BCUT2D eigenvalue weighted by molar-refractivity contribution is 5.54. The van der Waals surface area contributed by atoms with Crippen molar-refractivity contribution in [3.63, 3.8) is 0 Å². The van der Waals surface area contributed by atoms with Gasteiger partial charge >= 0.3 is 0 Å². The van der Waals surface area contributed by atoms with E-state index in [0.717, 1.165) is 5.56 Å². The largest absolute Gasteiger partial charge is 0.493 e. The monoisotopic (exact) mass is 370 g/mol. The molecule has 8 heteroatoms. The maximum atomic E-state index is 11.5. The van der Waals surface area contributed by atoms with Gasteiger partial charge in [0.2, 0.25) is 0 Å². The number of methoxy groups -OCH3 is 2. The number of nitro benzene ring substituents is 1. The van der Waals surface area contributed by atoms with Gasteiger partial charge in [-0.1, -0.05) is 12.1 Å². The first-order valence-corrected chi connectivity index (χ1v) is 8.33. The van der Waals surface area contributed by atoms with Crippen LogP contribution in [0.4, 0.5) is 5.69 Å². The molecule has 0 spiro atoms. The van der Waals surface area contributed by atoms with Crippen molar-refractivity contribution < 1.29 is 14.4 Å². The van der Waals surface area contributed by atoms with Gasteiger partial charge in [0, 0.05) is 31.7 Å². The Kier molecular flexibility index (Phi) is 7.11. The van der Waals surface area contributed by atoms with Gasteiger partial charge in [0.05, 0.1) is 36.8 Å². The van der Waals surface area contributed by atoms with Crippen LogP contribution in [-0.2, 0) is 13.1 Å². The molecule has 0 saturated heterocycles. The number of nitrogens with two attached hydrogens (primary N) is 1. The second-order valence-corrected chi connectivity index (χ2v) is 5.90. The minimum atomic E-state index is -0.431. The van der Waals surface area contributed by atoms with Gasteiger partial charge in [-0.05, 0) is 23.8 Å². The molecule has 0 aliphatic heterocycles. The summed E-state index contributed by atoms with van der Waals surface area (Å²) in [4.78, 5) is 13.1. The fourth-order valence-electron chi connectivity index (χ4n) is 2.79. The molecule has 0 atom stereocenters. The van der Waals surface area contributed by atoms with Crippen molar-refractivity contribution in [2.24, 2.45) is 5.73 Å². The summed E-state index contributed by atoms with van der Waals surface area (Å²) in [6.07, 6.45) is 0. The van der Waals surface area contributed by atoms with Crippen LogP contribution in [0.1, 0.15) is 16.7 Å². The highest BCUT2D eigenvalue weighted by Gasteiger charge is 2.21. The standard InChI is InChI=1S/C19H22N4O4/c1-26-18-9-16(17(23(24)25)10-19(18)27-2)13-22(8-7-20)12-15-5-3-14(11-21)4-6-15/h3-6,9-10H,7-8,12-13,20H2,1-2H3. The van der Waals surface area contributed by atoms with Crippen LogP contribution in [0.25, 0.3) is 0 Å². The number of nitro groups is 1. The van der Waals surface area contributed by atoms with E-state index >= 15 is 0 Å². The Morgan fingerprint density at radius 3 is 2.30 bits per heavy atom. The third kappa shape index (κ3) is 5.17. The minimum Gasteiger partial charge on any atom is -0.493 e. The topological polar surface area (TPSA) is 115 Å². The average Bonchev–Trinajstić information content (AvgIpc) is 2.68. The summed E-state index contributed by atoms with van der Waals surface area (Å²) in [5.74, 6) is 0.745. The van der Waals surface area contributed by atoms with Crippen LogP contribution in [0.5, 0.6) is 11.5 Å². The summed E-state index contributed by atoms with van der Waals surface area (Å²) in [5.41, 5.74) is 7.77. The van der Waals surface area contributed by atoms with Gasteiger partial charge in [-0.15, -0.1) is 0 Å². The maximum absolute atomic E-state index is 11.5. The molecule has 2 N–H and O–H groups in total. The molecule has 2 aromatic carbocycles. The SMILES string of the molecule is COc1cc(CN(CCN)Cc2ccc(C#N)cc2)c([N+](=O)[O-])cc1OC. The molecule has 0 aliphatic carbocycles. The van der Waals surface area contributed by atoms with Crippen molar-refractivity contribution in [2.75, 3.05) is 27.3 Å². The molecular weight excluding hydrogens is 348 g/mol. The number of ether oxygens (including phenoxy) is 2. The number of rotatable bonds is 9. The summed E-state index contributed by atoms with van der Waals surface area (Å²) in [7, 11) is 2.93. The lowest BCUT2D eigenvalue weighted by atomic mass is 10.1. The van der Waals surface area contributed by atoms with Gasteiger partial charge in [-0.25, -0.2) is 0 Å². The molecule has 0 saturated carbocycles. The Labute approximate surface area is 157 Å². The molecule has 0 bridgehead atoms. The zero-order valence-electron chi connectivity index (χ0n) is 15.3. The zero-order chi connectivity index (χ0) is 19.8. The van der Waals surface area contributed by atoms with Crippen molar-refractivity contribution in [3.8, 4) is 17.6 Å². The van der Waals surface area contributed by atoms with Crippen molar-refractivity contribution in [3.05, 3.63) is 63.2 Å². The van der Waals surface area contributed by atoms with E-state index in [1.807, 2.05) is 17.0 Å². The van der Waals surface area contributed by atoms with Crippen LogP contribution < -0.4 is 15.2 Å². The molecule has 0 unspecified atom stereocenters. The lowest BCUT2D eigenvalue weighted by Gasteiger charge is -2.22. The number of nitriles is 1. The third-order valence-corrected chi connectivity index (χ3v) is 4.11. The molecule has 0 aliphatic rings. The summed E-state index contributed by atoms with van der Waals surface area (Å²) in [6.45, 7) is 1.85. The fraction of sp³-hybridized carbons (Fsp3) is 0.316. The van der Waals surface area contributed by atoms with Gasteiger partial charge in [-0.3, -0.25) is 15.0 Å². The lowest BCUT2D eigenvalue weighted by molar-refractivity contribution is -0.385. The summed E-state index contributed by atoms with van der Waals surface area (Å²) >= 11 is 0. The Balaban J connectivity index is 2.31. The van der Waals surface area contributed by atoms with Gasteiger partial charge < -0.3 is 15.2 Å². The first-order valence-electron chi connectivity index (χ1n) is 8.33. The predicted octanol–water partition coefficient (Wildman–Crippen LogP) is 2.44. The van der Waals surface area contributed by atoms with Crippen molar-refractivity contribution in [2.45, 2.75) is 13.1 Å². The molecule has 0 heterocycles. The predicted molar refractivity (Wildman–Crippen MR) is 101 cm³/mol. The molecule has 2 rings (SSSR count). The quantitative estimate of drug-likeness (QED) is 0.532. The molecular formula is C19H22N4O4. The van der Waals surface area contributed by atoms with E-state index < -0.39 is 4.92 Å². The molecule has 27 heavy (non-hydrogen) atoms. The van der Waals surface area contributed by atoms with E-state index in [0.29, 0.717) is 48.8 Å². The fourth-order valence-corrected chi connectivity index (χ4v) is 2.79. The first-order chi connectivity index (χ1) is 13.0. The summed E-state index contributed by atoms with van der Waals surface area (Å²) in [5, 5.41) is 20.4. The number of hydrogen-bond donors (Lipinski definition) is 1. The first kappa shape index (κ1) is 20.2. The Morgan fingerprint density at radius 1 is 1.15 bits per heavy atom. The van der Waals surface area contributed by atoms with Crippen molar-refractivity contribution in [1.82, 2.24) is 4.90 Å². The van der Waals surface area contributed by atoms with E-state index in [-0.39, 0.29) is 5.69 Å². The summed E-state index contributed by atoms with van der Waals surface area (Å²) < 4.78 is 10.4. The van der Waals surface area contributed by atoms with Gasteiger partial charge in [0.25, 0.3) is 5.69 Å². The molecule has 8 nitrogen and oxygen atoms in total. The second kappa shape index (κ2) is 9.52.